The van der Waals surface area contributed by atoms with Crippen LogP contribution in [0.15, 0.2) is 0 Å². The highest BCUT2D eigenvalue weighted by atomic mass is 32.2. The molecule has 0 aromatic carbocycles. The molecule has 1 N–H and O–H groups in total. The minimum absolute atomic E-state index is 0.295. The highest BCUT2D eigenvalue weighted by Crippen LogP contribution is 2.13. The number of carbonyl (C=O) groups is 1. The van der Waals surface area contributed by atoms with Crippen molar-refractivity contribution >= 4 is 17.7 Å². The van der Waals surface area contributed by atoms with E-state index in [1.807, 2.05) is 11.2 Å². The number of carbonyl (C=O) groups excluding carboxylic acids is 1. The number of piperidine rings is 1. The van der Waals surface area contributed by atoms with E-state index in [0.717, 1.165) is 26.2 Å². The van der Waals surface area contributed by atoms with Gasteiger partial charge in [-0.2, -0.15) is 11.8 Å². The lowest BCUT2D eigenvalue weighted by molar-refractivity contribution is -0.128. The van der Waals surface area contributed by atoms with Crippen LogP contribution in [-0.4, -0.2) is 49.0 Å². The van der Waals surface area contributed by atoms with Crippen LogP contribution in [0.2, 0.25) is 0 Å². The minimum Gasteiger partial charge on any atom is -0.342 e. The van der Waals surface area contributed by atoms with Crippen molar-refractivity contribution in [3.63, 3.8) is 0 Å². The fourth-order valence-electron chi connectivity index (χ4n) is 2.00. The van der Waals surface area contributed by atoms with Crippen molar-refractivity contribution in [1.82, 2.24) is 10.2 Å². The van der Waals surface area contributed by atoms with Crippen LogP contribution in [0, 0.1) is 5.92 Å². The van der Waals surface area contributed by atoms with Gasteiger partial charge in [-0.25, -0.2) is 0 Å². The number of hydrogen-bond donors (Lipinski definition) is 1. The number of nitrogens with one attached hydrogen (secondary N) is 1. The molecule has 1 rings (SSSR count). The zero-order valence-corrected chi connectivity index (χ0v) is 10.6. The van der Waals surface area contributed by atoms with Crippen molar-refractivity contribution in [3.05, 3.63) is 0 Å². The fourth-order valence-corrected chi connectivity index (χ4v) is 2.43. The zero-order chi connectivity index (χ0) is 11.1. The standard InChI is InChI=1S/C11H22N2OS/c1-3-13(11(14)9-15-2)8-10-4-6-12-7-5-10/h10,12H,3-9H2,1-2H3. The van der Waals surface area contributed by atoms with Crippen molar-refractivity contribution in [2.24, 2.45) is 5.92 Å². The average molecular weight is 230 g/mol. The van der Waals surface area contributed by atoms with E-state index in [-0.39, 0.29) is 0 Å². The van der Waals surface area contributed by atoms with Crippen molar-refractivity contribution < 1.29 is 4.79 Å². The first kappa shape index (κ1) is 12.8. The Labute approximate surface area is 97.0 Å². The van der Waals surface area contributed by atoms with Crippen molar-refractivity contribution in [2.45, 2.75) is 19.8 Å². The zero-order valence-electron chi connectivity index (χ0n) is 9.79. The summed E-state index contributed by atoms with van der Waals surface area (Å²) in [5.41, 5.74) is 0. The van der Waals surface area contributed by atoms with Crippen LogP contribution in [0.4, 0.5) is 0 Å². The van der Waals surface area contributed by atoms with Crippen molar-refractivity contribution in [1.29, 1.82) is 0 Å². The van der Waals surface area contributed by atoms with Gasteiger partial charge in [0.05, 0.1) is 5.75 Å². The molecule has 0 radical (unpaired) electrons. The third-order valence-corrected chi connectivity index (χ3v) is 3.48. The van der Waals surface area contributed by atoms with Gasteiger partial charge in [0.15, 0.2) is 0 Å². The van der Waals surface area contributed by atoms with Crippen LogP contribution in [0.25, 0.3) is 0 Å². The fraction of sp³-hybridized carbons (Fsp3) is 0.909. The van der Waals surface area contributed by atoms with Crippen LogP contribution in [0.3, 0.4) is 0 Å². The van der Waals surface area contributed by atoms with Gasteiger partial charge >= 0.3 is 0 Å². The summed E-state index contributed by atoms with van der Waals surface area (Å²) < 4.78 is 0. The first-order valence-corrected chi connectivity index (χ1v) is 7.14. The Morgan fingerprint density at radius 1 is 1.47 bits per heavy atom. The number of thioether (sulfide) groups is 1. The molecule has 1 fully saturated rings. The number of rotatable bonds is 5. The van der Waals surface area contributed by atoms with Gasteiger partial charge < -0.3 is 10.2 Å². The van der Waals surface area contributed by atoms with Crippen molar-refractivity contribution in [2.75, 3.05) is 38.2 Å². The molecule has 88 valence electrons. The molecule has 1 heterocycles. The monoisotopic (exact) mass is 230 g/mol. The lowest BCUT2D eigenvalue weighted by atomic mass is 9.97. The maximum Gasteiger partial charge on any atom is 0.232 e. The number of nitrogens with zero attached hydrogens (tertiary/aromatic N) is 1. The van der Waals surface area contributed by atoms with E-state index in [0.29, 0.717) is 17.6 Å². The Kier molecular flexibility index (Phi) is 6.10. The molecule has 0 aromatic heterocycles. The summed E-state index contributed by atoms with van der Waals surface area (Å²) in [6, 6.07) is 0. The molecule has 1 amide bonds. The van der Waals surface area contributed by atoms with E-state index in [2.05, 4.69) is 12.2 Å². The van der Waals surface area contributed by atoms with Gasteiger partial charge in [0.1, 0.15) is 0 Å². The molecule has 4 heteroatoms. The van der Waals surface area contributed by atoms with Gasteiger partial charge in [-0.3, -0.25) is 4.79 Å². The molecule has 1 aliphatic rings. The Hall–Kier alpha value is -0.220. The first-order valence-electron chi connectivity index (χ1n) is 5.75. The SMILES string of the molecule is CCN(CC1CCNCC1)C(=O)CSC. The molecule has 0 unspecified atom stereocenters. The van der Waals surface area contributed by atoms with Gasteiger partial charge in [-0.05, 0) is 45.0 Å². The number of hydrogen-bond acceptors (Lipinski definition) is 3. The van der Waals surface area contributed by atoms with E-state index in [4.69, 9.17) is 0 Å². The second-order valence-corrected chi connectivity index (χ2v) is 4.92. The average Bonchev–Trinajstić information content (AvgIpc) is 2.27. The summed E-state index contributed by atoms with van der Waals surface area (Å²) >= 11 is 1.61. The van der Waals surface area contributed by atoms with E-state index in [9.17, 15) is 4.79 Å². The molecule has 0 aliphatic carbocycles. The topological polar surface area (TPSA) is 32.3 Å². The molecule has 0 aromatic rings. The third kappa shape index (κ3) is 4.43. The predicted molar refractivity (Wildman–Crippen MR) is 66.2 cm³/mol. The lowest BCUT2D eigenvalue weighted by Crippen LogP contribution is -2.40. The lowest BCUT2D eigenvalue weighted by Gasteiger charge is -2.29. The summed E-state index contributed by atoms with van der Waals surface area (Å²) in [5, 5.41) is 3.35. The normalized spacial score (nSPS) is 17.7. The molecule has 15 heavy (non-hydrogen) atoms. The van der Waals surface area contributed by atoms with E-state index in [1.165, 1.54) is 12.8 Å². The Bertz CT molecular complexity index is 193. The van der Waals surface area contributed by atoms with E-state index >= 15 is 0 Å². The van der Waals surface area contributed by atoms with Gasteiger partial charge in [-0.15, -0.1) is 0 Å². The molecular formula is C11H22N2OS. The molecule has 0 spiro atoms. The molecule has 1 saturated heterocycles. The molecule has 3 nitrogen and oxygen atoms in total. The summed E-state index contributed by atoms with van der Waals surface area (Å²) in [6.45, 7) is 6.10. The number of amides is 1. The Morgan fingerprint density at radius 3 is 2.67 bits per heavy atom. The van der Waals surface area contributed by atoms with Crippen LogP contribution in [0.5, 0.6) is 0 Å². The van der Waals surface area contributed by atoms with E-state index in [1.54, 1.807) is 11.8 Å². The second kappa shape index (κ2) is 7.12. The molecule has 0 atom stereocenters. The van der Waals surface area contributed by atoms with Gasteiger partial charge in [-0.1, -0.05) is 0 Å². The van der Waals surface area contributed by atoms with Gasteiger partial charge in [0, 0.05) is 13.1 Å². The van der Waals surface area contributed by atoms with Gasteiger partial charge in [0.2, 0.25) is 5.91 Å². The van der Waals surface area contributed by atoms with Crippen LogP contribution < -0.4 is 5.32 Å². The largest absolute Gasteiger partial charge is 0.342 e. The van der Waals surface area contributed by atoms with Crippen molar-refractivity contribution in [3.8, 4) is 0 Å². The van der Waals surface area contributed by atoms with Crippen LogP contribution in [-0.2, 0) is 4.79 Å². The molecular weight excluding hydrogens is 208 g/mol. The van der Waals surface area contributed by atoms with Crippen LogP contribution >= 0.6 is 11.8 Å². The molecule has 1 aliphatic heterocycles. The molecule has 0 bridgehead atoms. The first-order chi connectivity index (χ1) is 7.27. The summed E-state index contributed by atoms with van der Waals surface area (Å²) in [7, 11) is 0. The van der Waals surface area contributed by atoms with E-state index < -0.39 is 0 Å². The Morgan fingerprint density at radius 2 is 2.13 bits per heavy atom. The predicted octanol–water partition coefficient (Wildman–Crippen LogP) is 1.20. The minimum atomic E-state index is 0.295. The highest BCUT2D eigenvalue weighted by molar-refractivity contribution is 7.99. The smallest absolute Gasteiger partial charge is 0.232 e. The maximum atomic E-state index is 11.7. The molecule has 0 saturated carbocycles. The summed E-state index contributed by atoms with van der Waals surface area (Å²) in [6.07, 6.45) is 4.41. The van der Waals surface area contributed by atoms with Gasteiger partial charge in [0.25, 0.3) is 0 Å². The highest BCUT2D eigenvalue weighted by Gasteiger charge is 2.18. The van der Waals surface area contributed by atoms with Crippen LogP contribution in [0.1, 0.15) is 19.8 Å². The summed E-state index contributed by atoms with van der Waals surface area (Å²) in [5.74, 6) is 1.62. The second-order valence-electron chi connectivity index (χ2n) is 4.06. The quantitative estimate of drug-likeness (QED) is 0.770. The Balaban J connectivity index is 2.34. The maximum absolute atomic E-state index is 11.7. The summed E-state index contributed by atoms with van der Waals surface area (Å²) in [4.78, 5) is 13.7. The third-order valence-electron chi connectivity index (χ3n) is 2.94.